The van der Waals surface area contributed by atoms with Gasteiger partial charge in [0.25, 0.3) is 5.56 Å². The van der Waals surface area contributed by atoms with E-state index >= 15 is 0 Å². The fourth-order valence-corrected chi connectivity index (χ4v) is 2.83. The first kappa shape index (κ1) is 16.0. The summed E-state index contributed by atoms with van der Waals surface area (Å²) in [5, 5.41) is 3.64. The minimum atomic E-state index is -0.0258. The number of aromatic nitrogens is 2. The molecule has 21 heavy (non-hydrogen) atoms. The average molecular weight is 294 g/mol. The van der Waals surface area contributed by atoms with Gasteiger partial charge in [0.15, 0.2) is 5.82 Å². The van der Waals surface area contributed by atoms with Crippen molar-refractivity contribution in [2.45, 2.75) is 38.3 Å². The van der Waals surface area contributed by atoms with E-state index in [1.807, 2.05) is 0 Å². The van der Waals surface area contributed by atoms with E-state index in [-0.39, 0.29) is 5.56 Å². The van der Waals surface area contributed by atoms with Gasteiger partial charge in [-0.15, -0.1) is 0 Å². The van der Waals surface area contributed by atoms with Crippen molar-refractivity contribution in [2.24, 2.45) is 7.05 Å². The number of hydrogen-bond donors (Lipinski definition) is 1. The lowest BCUT2D eigenvalue weighted by molar-refractivity contribution is 0.156. The predicted molar refractivity (Wildman–Crippen MR) is 83.8 cm³/mol. The standard InChI is InChI=1S/C15H26N4O2/c1-4-12(11-21-3)17-13-6-5-8-19(10-13)14-15(20)18(2)9-7-16-14/h7,9,12-13,17H,4-6,8,10-11H2,1-3H3/t12-,13-/m1/s1. The Morgan fingerprint density at radius 1 is 1.57 bits per heavy atom. The number of nitrogens with zero attached hydrogens (tertiary/aromatic N) is 3. The van der Waals surface area contributed by atoms with Crippen LogP contribution in [0.3, 0.4) is 0 Å². The molecule has 1 aromatic heterocycles. The number of nitrogens with one attached hydrogen (secondary N) is 1. The third-order valence-corrected chi connectivity index (χ3v) is 4.05. The summed E-state index contributed by atoms with van der Waals surface area (Å²) in [5.41, 5.74) is -0.0258. The molecule has 0 amide bonds. The highest BCUT2D eigenvalue weighted by atomic mass is 16.5. The minimum Gasteiger partial charge on any atom is -0.383 e. The number of rotatable bonds is 6. The maximum absolute atomic E-state index is 12.2. The Bertz CT molecular complexity index is 503. The smallest absolute Gasteiger partial charge is 0.293 e. The van der Waals surface area contributed by atoms with Crippen LogP contribution in [0.5, 0.6) is 0 Å². The monoisotopic (exact) mass is 294 g/mol. The first-order valence-corrected chi connectivity index (χ1v) is 7.67. The maximum Gasteiger partial charge on any atom is 0.293 e. The molecule has 6 nitrogen and oxygen atoms in total. The number of aryl methyl sites for hydroxylation is 1. The second kappa shape index (κ2) is 7.56. The summed E-state index contributed by atoms with van der Waals surface area (Å²) in [6.07, 6.45) is 6.62. The lowest BCUT2D eigenvalue weighted by atomic mass is 10.0. The fourth-order valence-electron chi connectivity index (χ4n) is 2.83. The summed E-state index contributed by atoms with van der Waals surface area (Å²) in [6.45, 7) is 4.60. The summed E-state index contributed by atoms with van der Waals surface area (Å²) < 4.78 is 6.82. The van der Waals surface area contributed by atoms with Crippen molar-refractivity contribution in [1.82, 2.24) is 14.9 Å². The van der Waals surface area contributed by atoms with Gasteiger partial charge in [0.05, 0.1) is 6.61 Å². The first-order valence-electron chi connectivity index (χ1n) is 7.67. The van der Waals surface area contributed by atoms with E-state index < -0.39 is 0 Å². The van der Waals surface area contributed by atoms with Gasteiger partial charge >= 0.3 is 0 Å². The van der Waals surface area contributed by atoms with E-state index in [2.05, 4.69) is 22.1 Å². The first-order chi connectivity index (χ1) is 10.2. The zero-order chi connectivity index (χ0) is 15.2. The van der Waals surface area contributed by atoms with Gasteiger partial charge in [0.2, 0.25) is 0 Å². The van der Waals surface area contributed by atoms with E-state index in [1.54, 1.807) is 31.1 Å². The highest BCUT2D eigenvalue weighted by Gasteiger charge is 2.24. The summed E-state index contributed by atoms with van der Waals surface area (Å²) in [4.78, 5) is 18.5. The van der Waals surface area contributed by atoms with E-state index in [1.165, 1.54) is 0 Å². The molecule has 0 aliphatic carbocycles. The molecule has 1 fully saturated rings. The highest BCUT2D eigenvalue weighted by Crippen LogP contribution is 2.15. The molecule has 0 spiro atoms. The van der Waals surface area contributed by atoms with Crippen molar-refractivity contribution in [1.29, 1.82) is 0 Å². The van der Waals surface area contributed by atoms with Gasteiger partial charge in [-0.2, -0.15) is 0 Å². The molecule has 0 aromatic carbocycles. The van der Waals surface area contributed by atoms with E-state index in [9.17, 15) is 4.79 Å². The molecular formula is C15H26N4O2. The molecule has 0 bridgehead atoms. The lowest BCUT2D eigenvalue weighted by Gasteiger charge is -2.35. The van der Waals surface area contributed by atoms with Crippen LogP contribution >= 0.6 is 0 Å². The van der Waals surface area contributed by atoms with Gasteiger partial charge in [-0.05, 0) is 19.3 Å². The molecule has 1 aliphatic rings. The van der Waals surface area contributed by atoms with Crippen LogP contribution in [-0.4, -0.2) is 48.4 Å². The highest BCUT2D eigenvalue weighted by molar-refractivity contribution is 5.36. The van der Waals surface area contributed by atoms with Gasteiger partial charge in [-0.3, -0.25) is 4.79 Å². The Balaban J connectivity index is 2.03. The van der Waals surface area contributed by atoms with Crippen molar-refractivity contribution < 1.29 is 4.74 Å². The molecule has 1 aliphatic heterocycles. The largest absolute Gasteiger partial charge is 0.383 e. The van der Waals surface area contributed by atoms with Crippen LogP contribution in [0, 0.1) is 0 Å². The van der Waals surface area contributed by atoms with E-state index in [4.69, 9.17) is 4.74 Å². The number of hydrogen-bond acceptors (Lipinski definition) is 5. The van der Waals surface area contributed by atoms with Crippen LogP contribution < -0.4 is 15.8 Å². The van der Waals surface area contributed by atoms with Crippen LogP contribution in [0.1, 0.15) is 26.2 Å². The normalized spacial score (nSPS) is 20.5. The fraction of sp³-hybridized carbons (Fsp3) is 0.733. The maximum atomic E-state index is 12.2. The molecule has 2 heterocycles. The molecule has 1 saturated heterocycles. The average Bonchev–Trinajstić information content (AvgIpc) is 2.50. The van der Waals surface area contributed by atoms with Crippen LogP contribution in [0.2, 0.25) is 0 Å². The van der Waals surface area contributed by atoms with Crippen molar-refractivity contribution in [3.8, 4) is 0 Å². The Hall–Kier alpha value is -1.40. The van der Waals surface area contributed by atoms with Crippen molar-refractivity contribution in [3.63, 3.8) is 0 Å². The third kappa shape index (κ3) is 4.04. The number of methoxy groups -OCH3 is 1. The van der Waals surface area contributed by atoms with Crippen LogP contribution in [0.25, 0.3) is 0 Å². The second-order valence-corrected chi connectivity index (χ2v) is 5.68. The summed E-state index contributed by atoms with van der Waals surface area (Å²) in [5.74, 6) is 0.561. The van der Waals surface area contributed by atoms with Crippen molar-refractivity contribution in [3.05, 3.63) is 22.7 Å². The Morgan fingerprint density at radius 2 is 2.38 bits per heavy atom. The van der Waals surface area contributed by atoms with Crippen molar-refractivity contribution >= 4 is 5.82 Å². The van der Waals surface area contributed by atoms with Crippen LogP contribution in [0.4, 0.5) is 5.82 Å². The minimum absolute atomic E-state index is 0.0258. The molecule has 118 valence electrons. The molecule has 1 aromatic rings. The van der Waals surface area contributed by atoms with Gasteiger partial charge in [-0.1, -0.05) is 6.92 Å². The number of piperidine rings is 1. The third-order valence-electron chi connectivity index (χ3n) is 4.05. The molecule has 0 saturated carbocycles. The lowest BCUT2D eigenvalue weighted by Crippen LogP contribution is -2.51. The molecular weight excluding hydrogens is 268 g/mol. The Labute approximate surface area is 126 Å². The topological polar surface area (TPSA) is 59.4 Å². The van der Waals surface area contributed by atoms with Gasteiger partial charge in [0.1, 0.15) is 0 Å². The summed E-state index contributed by atoms with van der Waals surface area (Å²) in [7, 11) is 3.49. The molecule has 1 N–H and O–H groups in total. The van der Waals surface area contributed by atoms with Gasteiger partial charge in [-0.25, -0.2) is 4.98 Å². The zero-order valence-corrected chi connectivity index (χ0v) is 13.2. The summed E-state index contributed by atoms with van der Waals surface area (Å²) in [6, 6.07) is 0.747. The van der Waals surface area contributed by atoms with Gasteiger partial charge < -0.3 is 19.5 Å². The molecule has 2 rings (SSSR count). The SMILES string of the molecule is CC[C@H](COC)N[C@@H]1CCCN(c2nccn(C)c2=O)C1. The predicted octanol–water partition coefficient (Wildman–Crippen LogP) is 0.764. The Kier molecular flexibility index (Phi) is 5.76. The number of ether oxygens (including phenoxy) is 1. The molecule has 0 unspecified atom stereocenters. The van der Waals surface area contributed by atoms with Crippen LogP contribution in [0.15, 0.2) is 17.2 Å². The number of anilines is 1. The van der Waals surface area contributed by atoms with E-state index in [0.717, 1.165) is 39.0 Å². The molecule has 2 atom stereocenters. The zero-order valence-electron chi connectivity index (χ0n) is 13.2. The second-order valence-electron chi connectivity index (χ2n) is 5.68. The molecule has 0 radical (unpaired) electrons. The summed E-state index contributed by atoms with van der Waals surface area (Å²) >= 11 is 0. The van der Waals surface area contributed by atoms with Crippen LogP contribution in [-0.2, 0) is 11.8 Å². The van der Waals surface area contributed by atoms with Gasteiger partial charge in [0, 0.05) is 51.7 Å². The van der Waals surface area contributed by atoms with E-state index in [0.29, 0.717) is 17.9 Å². The van der Waals surface area contributed by atoms with Crippen molar-refractivity contribution in [2.75, 3.05) is 31.7 Å². The molecule has 6 heteroatoms. The quantitative estimate of drug-likeness (QED) is 0.839. The Morgan fingerprint density at radius 3 is 3.10 bits per heavy atom.